The molecule has 0 aliphatic rings. The molecule has 4 rings (SSSR count). The summed E-state index contributed by atoms with van der Waals surface area (Å²) in [6.07, 6.45) is 0. The fourth-order valence-electron chi connectivity index (χ4n) is 3.20. The molecule has 0 bridgehead atoms. The van der Waals surface area contributed by atoms with Crippen LogP contribution in [-0.4, -0.2) is 18.4 Å². The van der Waals surface area contributed by atoms with Gasteiger partial charge in [-0.25, -0.2) is 17.9 Å². The van der Waals surface area contributed by atoms with Crippen LogP contribution in [0, 0.1) is 13.8 Å². The zero-order chi connectivity index (χ0) is 20.1. The molecule has 0 saturated carbocycles. The number of fused-ring (bicyclic) bond motifs is 2. The number of rotatable bonds is 4. The van der Waals surface area contributed by atoms with Gasteiger partial charge in [-0.05, 0) is 49.2 Å². The van der Waals surface area contributed by atoms with Gasteiger partial charge in [-0.3, -0.25) is 9.78 Å². The predicted molar refractivity (Wildman–Crippen MR) is 105 cm³/mol. The maximum Gasteiger partial charge on any atom is 0.417 e. The number of hydrogen-bond donors (Lipinski definition) is 3. The van der Waals surface area contributed by atoms with Crippen LogP contribution in [0.2, 0.25) is 0 Å². The summed E-state index contributed by atoms with van der Waals surface area (Å²) in [5.74, 6) is -0.661. The molecule has 9 heteroatoms. The number of H-pyrrole nitrogens is 2. The SMILES string of the molecule is Cc1cc(C)c2cc(CNS(=O)(=O)c3ccc4[nH]c(=O)oc4c3)c(=O)[nH]c2c1. The smallest absolute Gasteiger partial charge is 0.408 e. The number of sulfonamides is 1. The molecule has 0 saturated heterocycles. The molecule has 3 N–H and O–H groups in total. The first-order valence-corrected chi connectivity index (χ1v) is 9.97. The van der Waals surface area contributed by atoms with Gasteiger partial charge in [0.05, 0.1) is 10.4 Å². The van der Waals surface area contributed by atoms with Crippen molar-refractivity contribution in [3.05, 3.63) is 74.0 Å². The Bertz CT molecular complexity index is 1440. The minimum absolute atomic E-state index is 0.0632. The van der Waals surface area contributed by atoms with Crippen LogP contribution in [0.3, 0.4) is 0 Å². The van der Waals surface area contributed by atoms with E-state index < -0.39 is 15.8 Å². The van der Waals surface area contributed by atoms with Gasteiger partial charge in [0.15, 0.2) is 5.58 Å². The van der Waals surface area contributed by atoms with Crippen LogP contribution >= 0.6 is 0 Å². The Morgan fingerprint density at radius 3 is 2.57 bits per heavy atom. The summed E-state index contributed by atoms with van der Waals surface area (Å²) in [6.45, 7) is 3.70. The summed E-state index contributed by atoms with van der Waals surface area (Å²) in [4.78, 5) is 28.8. The molecule has 0 aliphatic carbocycles. The van der Waals surface area contributed by atoms with Crippen LogP contribution in [-0.2, 0) is 16.6 Å². The molecule has 0 atom stereocenters. The molecule has 4 aromatic rings. The molecule has 0 amide bonds. The molecule has 0 aliphatic heterocycles. The summed E-state index contributed by atoms with van der Waals surface area (Å²) in [5.41, 5.74) is 3.22. The Balaban J connectivity index is 1.66. The Hall–Kier alpha value is -3.17. The third-order valence-electron chi connectivity index (χ3n) is 4.55. The minimum Gasteiger partial charge on any atom is -0.408 e. The number of hydrogen-bond acceptors (Lipinski definition) is 5. The monoisotopic (exact) mass is 399 g/mol. The Morgan fingerprint density at radius 1 is 1.00 bits per heavy atom. The maximum absolute atomic E-state index is 12.6. The lowest BCUT2D eigenvalue weighted by atomic mass is 10.0. The normalized spacial score (nSPS) is 12.1. The average molecular weight is 399 g/mol. The van der Waals surface area contributed by atoms with Crippen molar-refractivity contribution >= 4 is 32.0 Å². The van der Waals surface area contributed by atoms with E-state index in [0.29, 0.717) is 16.6 Å². The number of aryl methyl sites for hydroxylation is 2. The van der Waals surface area contributed by atoms with Crippen molar-refractivity contribution < 1.29 is 12.8 Å². The summed E-state index contributed by atoms with van der Waals surface area (Å²) < 4.78 is 32.5. The van der Waals surface area contributed by atoms with Gasteiger partial charge in [0.2, 0.25) is 10.0 Å². The first-order chi connectivity index (χ1) is 13.2. The van der Waals surface area contributed by atoms with Crippen molar-refractivity contribution in [1.82, 2.24) is 14.7 Å². The second-order valence-corrected chi connectivity index (χ2v) is 8.43. The van der Waals surface area contributed by atoms with E-state index in [1.165, 1.54) is 18.2 Å². The van der Waals surface area contributed by atoms with Gasteiger partial charge in [0, 0.05) is 29.1 Å². The fraction of sp³-hybridized carbons (Fsp3) is 0.158. The largest absolute Gasteiger partial charge is 0.417 e. The first kappa shape index (κ1) is 18.2. The first-order valence-electron chi connectivity index (χ1n) is 8.49. The maximum atomic E-state index is 12.6. The van der Waals surface area contributed by atoms with E-state index in [9.17, 15) is 18.0 Å². The van der Waals surface area contributed by atoms with Gasteiger partial charge in [-0.2, -0.15) is 0 Å². The molecular weight excluding hydrogens is 382 g/mol. The second-order valence-electron chi connectivity index (χ2n) is 6.66. The number of aromatic nitrogens is 2. The van der Waals surface area contributed by atoms with E-state index in [-0.39, 0.29) is 22.6 Å². The summed E-state index contributed by atoms with van der Waals surface area (Å²) >= 11 is 0. The van der Waals surface area contributed by atoms with Gasteiger partial charge in [0.25, 0.3) is 5.56 Å². The van der Waals surface area contributed by atoms with Crippen molar-refractivity contribution in [2.75, 3.05) is 0 Å². The molecule has 0 radical (unpaired) electrons. The van der Waals surface area contributed by atoms with Crippen LogP contribution in [0.15, 0.2) is 55.3 Å². The number of benzene rings is 2. The van der Waals surface area contributed by atoms with E-state index in [1.807, 2.05) is 26.0 Å². The number of pyridine rings is 1. The van der Waals surface area contributed by atoms with Crippen molar-refractivity contribution in [3.8, 4) is 0 Å². The highest BCUT2D eigenvalue weighted by Crippen LogP contribution is 2.19. The summed E-state index contributed by atoms with van der Waals surface area (Å²) in [5, 5.41) is 0.856. The third-order valence-corrected chi connectivity index (χ3v) is 5.94. The molecule has 0 spiro atoms. The summed E-state index contributed by atoms with van der Waals surface area (Å²) in [6, 6.07) is 9.62. The minimum atomic E-state index is -3.91. The lowest BCUT2D eigenvalue weighted by molar-refractivity contribution is 0.553. The number of oxazole rings is 1. The second kappa shape index (κ2) is 6.47. The van der Waals surface area contributed by atoms with Crippen LogP contribution in [0.5, 0.6) is 0 Å². The highest BCUT2D eigenvalue weighted by Gasteiger charge is 2.17. The molecule has 2 aromatic heterocycles. The fourth-order valence-corrected chi connectivity index (χ4v) is 4.22. The Labute approximate surface area is 159 Å². The third kappa shape index (κ3) is 3.25. The van der Waals surface area contributed by atoms with E-state index in [2.05, 4.69) is 14.7 Å². The van der Waals surface area contributed by atoms with Gasteiger partial charge in [-0.15, -0.1) is 0 Å². The van der Waals surface area contributed by atoms with Crippen molar-refractivity contribution in [2.24, 2.45) is 0 Å². The van der Waals surface area contributed by atoms with E-state index >= 15 is 0 Å². The lowest BCUT2D eigenvalue weighted by Crippen LogP contribution is -2.27. The Kier molecular flexibility index (Phi) is 4.20. The van der Waals surface area contributed by atoms with E-state index in [0.717, 1.165) is 16.5 Å². The summed E-state index contributed by atoms with van der Waals surface area (Å²) in [7, 11) is -3.91. The molecular formula is C19H17N3O5S. The highest BCUT2D eigenvalue weighted by molar-refractivity contribution is 7.89. The zero-order valence-electron chi connectivity index (χ0n) is 15.1. The molecule has 8 nitrogen and oxygen atoms in total. The lowest BCUT2D eigenvalue weighted by Gasteiger charge is -2.09. The molecule has 2 heterocycles. The van der Waals surface area contributed by atoms with Crippen LogP contribution in [0.4, 0.5) is 0 Å². The number of nitrogens with one attached hydrogen (secondary N) is 3. The van der Waals surface area contributed by atoms with Crippen LogP contribution in [0.25, 0.3) is 22.0 Å². The Morgan fingerprint density at radius 2 is 1.79 bits per heavy atom. The topological polar surface area (TPSA) is 125 Å². The van der Waals surface area contributed by atoms with Crippen molar-refractivity contribution in [3.63, 3.8) is 0 Å². The molecule has 28 heavy (non-hydrogen) atoms. The van der Waals surface area contributed by atoms with Crippen LogP contribution < -0.4 is 16.0 Å². The van der Waals surface area contributed by atoms with Gasteiger partial charge in [-0.1, -0.05) is 6.07 Å². The quantitative estimate of drug-likeness (QED) is 0.484. The zero-order valence-corrected chi connectivity index (χ0v) is 15.9. The van der Waals surface area contributed by atoms with Crippen LogP contribution in [0.1, 0.15) is 16.7 Å². The van der Waals surface area contributed by atoms with Gasteiger partial charge < -0.3 is 9.40 Å². The standard InChI is InChI=1S/C19H17N3O5S/c1-10-5-11(2)14-7-12(18(23)21-16(14)6-10)9-20-28(25,26)13-3-4-15-17(8-13)27-19(24)22-15/h3-8,20H,9H2,1-2H3,(H,21,23)(H,22,24). The molecule has 0 unspecified atom stereocenters. The molecule has 2 aromatic carbocycles. The molecule has 0 fully saturated rings. The van der Waals surface area contributed by atoms with E-state index in [1.54, 1.807) is 6.07 Å². The average Bonchev–Trinajstić information content (AvgIpc) is 2.99. The van der Waals surface area contributed by atoms with E-state index in [4.69, 9.17) is 4.42 Å². The molecule has 144 valence electrons. The van der Waals surface area contributed by atoms with Crippen molar-refractivity contribution in [2.45, 2.75) is 25.3 Å². The highest BCUT2D eigenvalue weighted by atomic mass is 32.2. The predicted octanol–water partition coefficient (Wildman–Crippen LogP) is 2.06. The van der Waals surface area contributed by atoms with Gasteiger partial charge in [0.1, 0.15) is 0 Å². The van der Waals surface area contributed by atoms with Crippen molar-refractivity contribution in [1.29, 1.82) is 0 Å². The van der Waals surface area contributed by atoms with Gasteiger partial charge >= 0.3 is 5.76 Å². The number of aromatic amines is 2.